The monoisotopic (exact) mass is 473 g/mol. The molecule has 0 spiro atoms. The number of nitrogens with two attached hydrogens (primary N) is 1. The lowest BCUT2D eigenvalue weighted by Gasteiger charge is -2.48. The van der Waals surface area contributed by atoms with E-state index in [9.17, 15) is 9.59 Å². The van der Waals surface area contributed by atoms with Gasteiger partial charge in [-0.05, 0) is 81.2 Å². The molecule has 0 bridgehead atoms. The van der Waals surface area contributed by atoms with Crippen LogP contribution < -0.4 is 15.8 Å². The Balaban J connectivity index is 1.55. The summed E-state index contributed by atoms with van der Waals surface area (Å²) in [4.78, 5) is 27.8. The molecule has 2 amide bonds. The van der Waals surface area contributed by atoms with E-state index in [1.54, 1.807) is 4.90 Å². The van der Waals surface area contributed by atoms with Crippen LogP contribution in [0.25, 0.3) is 5.70 Å². The van der Waals surface area contributed by atoms with E-state index in [2.05, 4.69) is 16.9 Å². The first-order valence-electron chi connectivity index (χ1n) is 12.2. The van der Waals surface area contributed by atoms with Gasteiger partial charge in [0.05, 0.1) is 5.70 Å². The average molecular weight is 474 g/mol. The fourth-order valence-corrected chi connectivity index (χ4v) is 5.35. The number of piperidine rings is 1. The number of amides is 2. The number of para-hydroxylation sites is 1. The van der Waals surface area contributed by atoms with Gasteiger partial charge in [0.15, 0.2) is 0 Å². The van der Waals surface area contributed by atoms with Crippen molar-refractivity contribution in [1.29, 1.82) is 0 Å². The van der Waals surface area contributed by atoms with Crippen LogP contribution >= 0.6 is 0 Å². The molecule has 0 saturated carbocycles. The minimum absolute atomic E-state index is 0.247. The number of nitrogens with zero attached hydrogens (tertiary/aromatic N) is 3. The Bertz CT molecular complexity index is 1130. The van der Waals surface area contributed by atoms with Gasteiger partial charge in [-0.1, -0.05) is 24.8 Å². The van der Waals surface area contributed by atoms with Crippen molar-refractivity contribution in [1.82, 2.24) is 20.2 Å². The number of carbonyl (C=O) groups excluding carboxylic acids is 2. The number of primary amides is 1. The minimum Gasteiger partial charge on any atom is -0.457 e. The topological polar surface area (TPSA) is 91.1 Å². The quantitative estimate of drug-likeness (QED) is 0.627. The number of ether oxygens (including phenoxy) is 1. The molecule has 3 heterocycles. The summed E-state index contributed by atoms with van der Waals surface area (Å²) in [5.41, 5.74) is 7.61. The number of nitrogens with one attached hydrogen (secondary N) is 1. The zero-order chi connectivity index (χ0) is 24.4. The third-order valence-electron chi connectivity index (χ3n) is 6.88. The van der Waals surface area contributed by atoms with Crippen LogP contribution in [0.2, 0.25) is 0 Å². The summed E-state index contributed by atoms with van der Waals surface area (Å²) < 4.78 is 5.93. The number of hydrogen-bond donors (Lipinski definition) is 2. The first-order chi connectivity index (χ1) is 17.1. The Hall–Kier alpha value is -3.62. The Kier molecular flexibility index (Phi) is 6.57. The van der Waals surface area contributed by atoms with E-state index < -0.39 is 5.91 Å². The number of carbonyl (C=O) groups is 2. The number of hydrazine groups is 1. The molecule has 0 aromatic heterocycles. The number of benzene rings is 2. The molecule has 8 heteroatoms. The molecule has 2 aromatic carbocycles. The highest BCUT2D eigenvalue weighted by molar-refractivity contribution is 6.05. The van der Waals surface area contributed by atoms with Gasteiger partial charge in [0, 0.05) is 18.2 Å². The summed E-state index contributed by atoms with van der Waals surface area (Å²) in [6, 6.07) is 17.2. The van der Waals surface area contributed by atoms with Crippen LogP contribution in [0.4, 0.5) is 0 Å². The molecule has 8 nitrogen and oxygen atoms in total. The summed E-state index contributed by atoms with van der Waals surface area (Å²) in [7, 11) is 0. The van der Waals surface area contributed by atoms with Gasteiger partial charge in [-0.2, -0.15) is 0 Å². The molecule has 3 N–H and O–H groups in total. The number of rotatable bonds is 6. The standard InChI is InChI=1S/C27H31N5O3/c1-2-24(33)31-23-9-6-18-30(20-14-16-29-17-15-20)32(23)26(27(28)34)25(31)19-10-12-22(13-11-19)35-21-7-4-3-5-8-21/h2-5,7-8,10-13,20,23,29H,1,6,9,14-18H2,(H2,28,34). The highest BCUT2D eigenvalue weighted by Crippen LogP contribution is 2.42. The molecule has 0 radical (unpaired) electrons. The lowest BCUT2D eigenvalue weighted by Crippen LogP contribution is -2.60. The van der Waals surface area contributed by atoms with Crippen LogP contribution in [0, 0.1) is 0 Å². The van der Waals surface area contributed by atoms with Crippen molar-refractivity contribution in [3.8, 4) is 11.5 Å². The van der Waals surface area contributed by atoms with Crippen LogP contribution in [0.15, 0.2) is 72.9 Å². The molecule has 35 heavy (non-hydrogen) atoms. The maximum atomic E-state index is 13.2. The Morgan fingerprint density at radius 1 is 1.00 bits per heavy atom. The van der Waals surface area contributed by atoms with Gasteiger partial charge in [0.1, 0.15) is 23.4 Å². The fraction of sp³-hybridized carbons (Fsp3) is 0.333. The van der Waals surface area contributed by atoms with Crippen LogP contribution in [0.5, 0.6) is 11.5 Å². The van der Waals surface area contributed by atoms with Crippen LogP contribution in [-0.2, 0) is 9.59 Å². The second kappa shape index (κ2) is 9.93. The second-order valence-electron chi connectivity index (χ2n) is 9.02. The molecular formula is C27H31N5O3. The van der Waals surface area contributed by atoms with Gasteiger partial charge in [-0.15, -0.1) is 0 Å². The molecule has 1 atom stereocenters. The molecular weight excluding hydrogens is 442 g/mol. The van der Waals surface area contributed by atoms with E-state index in [0.717, 1.165) is 56.6 Å². The summed E-state index contributed by atoms with van der Waals surface area (Å²) >= 11 is 0. The van der Waals surface area contributed by atoms with Gasteiger partial charge >= 0.3 is 0 Å². The average Bonchev–Trinajstić information content (AvgIpc) is 3.25. The van der Waals surface area contributed by atoms with E-state index in [1.807, 2.05) is 59.6 Å². The van der Waals surface area contributed by atoms with E-state index in [1.165, 1.54) is 6.08 Å². The first-order valence-corrected chi connectivity index (χ1v) is 12.2. The van der Waals surface area contributed by atoms with Crippen molar-refractivity contribution in [3.63, 3.8) is 0 Å². The van der Waals surface area contributed by atoms with E-state index in [4.69, 9.17) is 10.5 Å². The van der Waals surface area contributed by atoms with Crippen molar-refractivity contribution in [2.45, 2.75) is 37.9 Å². The second-order valence-corrected chi connectivity index (χ2v) is 9.02. The lowest BCUT2D eigenvalue weighted by molar-refractivity contribution is -0.147. The van der Waals surface area contributed by atoms with Crippen molar-refractivity contribution in [2.75, 3.05) is 19.6 Å². The highest BCUT2D eigenvalue weighted by Gasteiger charge is 2.48. The summed E-state index contributed by atoms with van der Waals surface area (Å²) in [5.74, 6) is 0.601. The van der Waals surface area contributed by atoms with Gasteiger partial charge in [0.25, 0.3) is 11.8 Å². The molecule has 2 fully saturated rings. The molecule has 1 unspecified atom stereocenters. The van der Waals surface area contributed by atoms with Crippen LogP contribution in [0.1, 0.15) is 31.2 Å². The Morgan fingerprint density at radius 3 is 2.34 bits per heavy atom. The van der Waals surface area contributed by atoms with E-state index in [0.29, 0.717) is 17.1 Å². The molecule has 2 saturated heterocycles. The predicted octanol–water partition coefficient (Wildman–Crippen LogP) is 3.05. The number of fused-ring (bicyclic) bond motifs is 1. The minimum atomic E-state index is -0.546. The number of hydrogen-bond acceptors (Lipinski definition) is 6. The van der Waals surface area contributed by atoms with Gasteiger partial charge in [-0.25, -0.2) is 5.01 Å². The predicted molar refractivity (Wildman–Crippen MR) is 134 cm³/mol. The molecule has 2 aromatic rings. The zero-order valence-corrected chi connectivity index (χ0v) is 19.7. The molecule has 3 aliphatic rings. The summed E-state index contributed by atoms with van der Waals surface area (Å²) in [5, 5.41) is 7.66. The van der Waals surface area contributed by atoms with Crippen LogP contribution in [-0.4, -0.2) is 58.6 Å². The van der Waals surface area contributed by atoms with Crippen molar-refractivity contribution in [3.05, 3.63) is 78.5 Å². The lowest BCUT2D eigenvalue weighted by atomic mass is 10.0. The largest absolute Gasteiger partial charge is 0.457 e. The van der Waals surface area contributed by atoms with Gasteiger partial charge < -0.3 is 15.8 Å². The van der Waals surface area contributed by atoms with Crippen molar-refractivity contribution >= 4 is 17.5 Å². The smallest absolute Gasteiger partial charge is 0.268 e. The third kappa shape index (κ3) is 4.42. The normalized spacial score (nSPS) is 21.1. The molecule has 3 aliphatic heterocycles. The first kappa shape index (κ1) is 23.1. The van der Waals surface area contributed by atoms with E-state index in [-0.39, 0.29) is 18.1 Å². The summed E-state index contributed by atoms with van der Waals surface area (Å²) in [6.45, 7) is 6.41. The van der Waals surface area contributed by atoms with Crippen molar-refractivity contribution < 1.29 is 14.3 Å². The molecule has 182 valence electrons. The van der Waals surface area contributed by atoms with E-state index >= 15 is 0 Å². The molecule has 0 aliphatic carbocycles. The fourth-order valence-electron chi connectivity index (χ4n) is 5.35. The molecule has 5 rings (SSSR count). The highest BCUT2D eigenvalue weighted by atomic mass is 16.5. The SMILES string of the molecule is C=CC(=O)N1C(c2ccc(Oc3ccccc3)cc2)=C(C(N)=O)N2C1CCCN2C1CCNCC1. The maximum absolute atomic E-state index is 13.2. The third-order valence-corrected chi connectivity index (χ3v) is 6.88. The zero-order valence-electron chi connectivity index (χ0n) is 19.7. The van der Waals surface area contributed by atoms with Gasteiger partial charge in [0.2, 0.25) is 0 Å². The van der Waals surface area contributed by atoms with Gasteiger partial charge in [-0.3, -0.25) is 19.5 Å². The summed E-state index contributed by atoms with van der Waals surface area (Å²) in [6.07, 6.45) is 4.63. The Labute approximate surface area is 205 Å². The maximum Gasteiger partial charge on any atom is 0.268 e. The van der Waals surface area contributed by atoms with Crippen LogP contribution in [0.3, 0.4) is 0 Å². The Morgan fingerprint density at radius 2 is 1.69 bits per heavy atom. The van der Waals surface area contributed by atoms with Crippen molar-refractivity contribution in [2.24, 2.45) is 5.73 Å².